The highest BCUT2D eigenvalue weighted by Crippen LogP contribution is 2.31. The topological polar surface area (TPSA) is 54.0 Å². The van der Waals surface area contributed by atoms with Crippen LogP contribution in [0.5, 0.6) is 5.75 Å². The summed E-state index contributed by atoms with van der Waals surface area (Å²) in [5.74, 6) is 0.819. The van der Waals surface area contributed by atoms with Gasteiger partial charge in [-0.3, -0.25) is 4.90 Å². The first-order chi connectivity index (χ1) is 13.1. The minimum absolute atomic E-state index is 0.0549. The van der Waals surface area contributed by atoms with E-state index in [0.29, 0.717) is 12.1 Å². The molecule has 1 unspecified atom stereocenters. The summed E-state index contributed by atoms with van der Waals surface area (Å²) in [6, 6.07) is 6.49. The molecular formula is C21H33N3O3. The van der Waals surface area contributed by atoms with Crippen molar-refractivity contribution >= 4 is 11.7 Å². The first-order valence-electron chi connectivity index (χ1n) is 10.0. The minimum atomic E-state index is -0.0549. The number of amides is 2. The molecule has 2 fully saturated rings. The SMILES string of the molecule is CCc1ccc(NC(=O)N(C)[C@@H]2CCC[C@@H]2N2CCC(OC)C2)cc1OC. The molecule has 1 N–H and O–H groups in total. The molecular weight excluding hydrogens is 342 g/mol. The Morgan fingerprint density at radius 3 is 2.78 bits per heavy atom. The fourth-order valence-electron chi connectivity index (χ4n) is 4.52. The Bertz CT molecular complexity index is 652. The van der Waals surface area contributed by atoms with E-state index in [2.05, 4.69) is 17.1 Å². The molecule has 3 atom stereocenters. The van der Waals surface area contributed by atoms with E-state index in [0.717, 1.165) is 55.8 Å². The fourth-order valence-corrected chi connectivity index (χ4v) is 4.52. The van der Waals surface area contributed by atoms with E-state index in [1.165, 1.54) is 6.42 Å². The lowest BCUT2D eigenvalue weighted by molar-refractivity contribution is 0.0907. The molecule has 1 heterocycles. The van der Waals surface area contributed by atoms with Gasteiger partial charge < -0.3 is 19.7 Å². The van der Waals surface area contributed by atoms with Crippen LogP contribution >= 0.6 is 0 Å². The molecule has 150 valence electrons. The highest BCUT2D eigenvalue weighted by molar-refractivity contribution is 5.89. The van der Waals surface area contributed by atoms with Gasteiger partial charge >= 0.3 is 6.03 Å². The van der Waals surface area contributed by atoms with Crippen LogP contribution in [0.1, 0.15) is 38.2 Å². The number of carbonyl (C=O) groups excluding carboxylic acids is 1. The van der Waals surface area contributed by atoms with E-state index in [1.807, 2.05) is 30.1 Å². The van der Waals surface area contributed by atoms with Gasteiger partial charge in [0.25, 0.3) is 0 Å². The predicted octanol–water partition coefficient (Wildman–Crippen LogP) is 3.36. The van der Waals surface area contributed by atoms with Gasteiger partial charge in [0.2, 0.25) is 0 Å². The second-order valence-corrected chi connectivity index (χ2v) is 7.63. The largest absolute Gasteiger partial charge is 0.496 e. The maximum Gasteiger partial charge on any atom is 0.321 e. The molecule has 0 bridgehead atoms. The summed E-state index contributed by atoms with van der Waals surface area (Å²) in [5, 5.41) is 3.04. The molecule has 1 aliphatic heterocycles. The number of urea groups is 1. The normalized spacial score (nSPS) is 25.6. The number of hydrogen-bond donors (Lipinski definition) is 1. The monoisotopic (exact) mass is 375 g/mol. The number of hydrogen-bond acceptors (Lipinski definition) is 4. The highest BCUT2D eigenvalue weighted by atomic mass is 16.5. The average molecular weight is 376 g/mol. The Labute approximate surface area is 162 Å². The van der Waals surface area contributed by atoms with Crippen LogP contribution in [0.4, 0.5) is 10.5 Å². The molecule has 1 saturated heterocycles. The molecule has 6 nitrogen and oxygen atoms in total. The molecule has 2 aliphatic rings. The number of anilines is 1. The summed E-state index contributed by atoms with van der Waals surface area (Å²) >= 11 is 0. The van der Waals surface area contributed by atoms with Crippen molar-refractivity contribution in [1.82, 2.24) is 9.80 Å². The van der Waals surface area contributed by atoms with E-state index < -0.39 is 0 Å². The van der Waals surface area contributed by atoms with Crippen LogP contribution in [0.3, 0.4) is 0 Å². The summed E-state index contributed by atoms with van der Waals surface area (Å²) in [6.45, 7) is 4.13. The van der Waals surface area contributed by atoms with Crippen LogP contribution in [-0.2, 0) is 11.2 Å². The number of benzene rings is 1. The van der Waals surface area contributed by atoms with Crippen LogP contribution in [0.25, 0.3) is 0 Å². The Morgan fingerprint density at radius 2 is 2.11 bits per heavy atom. The molecule has 6 heteroatoms. The summed E-state index contributed by atoms with van der Waals surface area (Å²) in [7, 11) is 5.37. The van der Waals surface area contributed by atoms with Crippen molar-refractivity contribution in [1.29, 1.82) is 0 Å². The zero-order chi connectivity index (χ0) is 19.4. The van der Waals surface area contributed by atoms with E-state index in [1.54, 1.807) is 14.2 Å². The Hall–Kier alpha value is -1.79. The molecule has 1 aliphatic carbocycles. The lowest BCUT2D eigenvalue weighted by Gasteiger charge is -2.35. The first kappa shape index (κ1) is 20.0. The van der Waals surface area contributed by atoms with Crippen molar-refractivity contribution in [3.05, 3.63) is 23.8 Å². The van der Waals surface area contributed by atoms with Gasteiger partial charge in [-0.25, -0.2) is 4.79 Å². The molecule has 1 saturated carbocycles. The van der Waals surface area contributed by atoms with Gasteiger partial charge in [0.1, 0.15) is 5.75 Å². The summed E-state index contributed by atoms with van der Waals surface area (Å²) in [6.07, 6.45) is 5.69. The van der Waals surface area contributed by atoms with Crippen LogP contribution in [0.15, 0.2) is 18.2 Å². The number of nitrogens with one attached hydrogen (secondary N) is 1. The van der Waals surface area contributed by atoms with Crippen molar-refractivity contribution in [3.8, 4) is 5.75 Å². The maximum absolute atomic E-state index is 12.9. The zero-order valence-corrected chi connectivity index (χ0v) is 17.0. The van der Waals surface area contributed by atoms with Gasteiger partial charge in [-0.05, 0) is 43.7 Å². The molecule has 0 spiro atoms. The predicted molar refractivity (Wildman–Crippen MR) is 108 cm³/mol. The van der Waals surface area contributed by atoms with Crippen molar-refractivity contribution in [2.24, 2.45) is 0 Å². The Balaban J connectivity index is 1.64. The molecule has 1 aromatic rings. The van der Waals surface area contributed by atoms with Gasteiger partial charge in [-0.15, -0.1) is 0 Å². The third-order valence-corrected chi connectivity index (χ3v) is 6.16. The Morgan fingerprint density at radius 1 is 1.30 bits per heavy atom. The summed E-state index contributed by atoms with van der Waals surface area (Å²) < 4.78 is 11.0. The van der Waals surface area contributed by atoms with Gasteiger partial charge in [0.05, 0.1) is 13.2 Å². The number of carbonyl (C=O) groups is 1. The van der Waals surface area contributed by atoms with Gasteiger partial charge in [0, 0.05) is 51.1 Å². The van der Waals surface area contributed by atoms with Crippen LogP contribution < -0.4 is 10.1 Å². The number of ether oxygens (including phenoxy) is 2. The number of nitrogens with zero attached hydrogens (tertiary/aromatic N) is 2. The molecule has 0 radical (unpaired) electrons. The standard InChI is InChI=1S/C21H33N3O3/c1-5-15-9-10-16(13-20(15)27-4)22-21(25)23(2)18-7-6-8-19(18)24-12-11-17(14-24)26-3/h9-10,13,17-19H,5-8,11-12,14H2,1-4H3,(H,22,25)/t17?,18-,19+/m1/s1. The number of rotatable bonds is 6. The van der Waals surface area contributed by atoms with Crippen LogP contribution in [0.2, 0.25) is 0 Å². The fraction of sp³-hybridized carbons (Fsp3) is 0.667. The van der Waals surface area contributed by atoms with Crippen molar-refractivity contribution in [2.75, 3.05) is 39.7 Å². The second-order valence-electron chi connectivity index (χ2n) is 7.63. The molecule has 0 aromatic heterocycles. The third-order valence-electron chi connectivity index (χ3n) is 6.16. The van der Waals surface area contributed by atoms with Gasteiger partial charge in [-0.1, -0.05) is 13.0 Å². The third kappa shape index (κ3) is 4.38. The van der Waals surface area contributed by atoms with E-state index in [4.69, 9.17) is 9.47 Å². The van der Waals surface area contributed by atoms with E-state index in [-0.39, 0.29) is 12.1 Å². The lowest BCUT2D eigenvalue weighted by Crippen LogP contribution is -2.50. The van der Waals surface area contributed by atoms with E-state index in [9.17, 15) is 4.79 Å². The van der Waals surface area contributed by atoms with Crippen LogP contribution in [-0.4, -0.2) is 68.4 Å². The second kappa shape index (κ2) is 8.93. The van der Waals surface area contributed by atoms with Gasteiger partial charge in [0.15, 0.2) is 0 Å². The number of likely N-dealkylation sites (N-methyl/N-ethyl adjacent to an activating group) is 1. The Kier molecular flexibility index (Phi) is 6.60. The number of aryl methyl sites for hydroxylation is 1. The first-order valence-corrected chi connectivity index (χ1v) is 10.0. The highest BCUT2D eigenvalue weighted by Gasteiger charge is 2.39. The average Bonchev–Trinajstić information content (AvgIpc) is 3.35. The van der Waals surface area contributed by atoms with Crippen molar-refractivity contribution in [3.63, 3.8) is 0 Å². The quantitative estimate of drug-likeness (QED) is 0.828. The zero-order valence-electron chi connectivity index (χ0n) is 17.0. The smallest absolute Gasteiger partial charge is 0.321 e. The molecule has 27 heavy (non-hydrogen) atoms. The summed E-state index contributed by atoms with van der Waals surface area (Å²) in [4.78, 5) is 17.3. The number of likely N-dealkylation sites (tertiary alicyclic amines) is 1. The summed E-state index contributed by atoms with van der Waals surface area (Å²) in [5.41, 5.74) is 1.91. The minimum Gasteiger partial charge on any atom is -0.496 e. The molecule has 3 rings (SSSR count). The van der Waals surface area contributed by atoms with Crippen molar-refractivity contribution in [2.45, 2.75) is 57.2 Å². The number of methoxy groups -OCH3 is 2. The van der Waals surface area contributed by atoms with Crippen molar-refractivity contribution < 1.29 is 14.3 Å². The maximum atomic E-state index is 12.9. The lowest BCUT2D eigenvalue weighted by atomic mass is 10.1. The van der Waals surface area contributed by atoms with Crippen LogP contribution in [0, 0.1) is 0 Å². The van der Waals surface area contributed by atoms with E-state index >= 15 is 0 Å². The molecule has 2 amide bonds. The molecule has 1 aromatic carbocycles. The van der Waals surface area contributed by atoms with Gasteiger partial charge in [-0.2, -0.15) is 0 Å².